The largest absolute Gasteiger partial charge is 0.331 e. The van der Waals surface area contributed by atoms with Crippen LogP contribution >= 0.6 is 0 Å². The van der Waals surface area contributed by atoms with Gasteiger partial charge in [0.1, 0.15) is 0 Å². The van der Waals surface area contributed by atoms with Crippen molar-refractivity contribution in [3.63, 3.8) is 0 Å². The van der Waals surface area contributed by atoms with Gasteiger partial charge in [0.05, 0.1) is 5.41 Å². The molecule has 0 saturated heterocycles. The molecule has 1 saturated carbocycles. The topological polar surface area (TPSA) is 83.8 Å². The second-order valence-corrected chi connectivity index (χ2v) is 5.06. The molecule has 5 heteroatoms. The Balaban J connectivity index is 2.05. The van der Waals surface area contributed by atoms with Crippen molar-refractivity contribution in [1.82, 2.24) is 9.97 Å². The lowest BCUT2D eigenvalue weighted by Gasteiger charge is -2.36. The highest BCUT2D eigenvalue weighted by Crippen LogP contribution is 2.38. The van der Waals surface area contributed by atoms with Crippen LogP contribution in [0.15, 0.2) is 12.4 Å². The molecule has 2 rings (SSSR count). The highest BCUT2D eigenvalue weighted by Gasteiger charge is 2.40. The quantitative estimate of drug-likeness (QED) is 0.743. The van der Waals surface area contributed by atoms with Gasteiger partial charge >= 0.3 is 0 Å². The van der Waals surface area contributed by atoms with Gasteiger partial charge in [-0.15, -0.1) is 0 Å². The first-order valence-electron chi connectivity index (χ1n) is 6.17. The number of amides is 1. The number of nitrogens with one attached hydrogen (secondary N) is 2. The Hall–Kier alpha value is -1.36. The molecular weight excluding hydrogens is 216 g/mol. The first kappa shape index (κ1) is 12.1. The standard InChI is InChI=1S/C12H20N4O/c1-9-2-4-12(8-13,5-3-9)10(17)16-11-14-6-7-15-11/h6-7,9H,2-5,8,13H2,1H3,(H2,14,15,16,17). The van der Waals surface area contributed by atoms with Gasteiger partial charge in [-0.1, -0.05) is 6.92 Å². The summed E-state index contributed by atoms with van der Waals surface area (Å²) in [4.78, 5) is 19.2. The van der Waals surface area contributed by atoms with E-state index in [0.29, 0.717) is 18.4 Å². The van der Waals surface area contributed by atoms with E-state index in [9.17, 15) is 4.79 Å². The van der Waals surface area contributed by atoms with Crippen LogP contribution in [0.1, 0.15) is 32.6 Å². The summed E-state index contributed by atoms with van der Waals surface area (Å²) in [6.45, 7) is 2.64. The zero-order valence-corrected chi connectivity index (χ0v) is 10.2. The molecule has 1 heterocycles. The average molecular weight is 236 g/mol. The van der Waals surface area contributed by atoms with Gasteiger partial charge in [-0.2, -0.15) is 0 Å². The van der Waals surface area contributed by atoms with E-state index < -0.39 is 5.41 Å². The van der Waals surface area contributed by atoms with Crippen molar-refractivity contribution in [3.05, 3.63) is 12.4 Å². The van der Waals surface area contributed by atoms with E-state index in [0.717, 1.165) is 25.7 Å². The van der Waals surface area contributed by atoms with E-state index in [1.165, 1.54) is 0 Å². The molecule has 4 N–H and O–H groups in total. The van der Waals surface area contributed by atoms with Gasteiger partial charge in [0.2, 0.25) is 11.9 Å². The predicted octanol–water partition coefficient (Wildman–Crippen LogP) is 1.50. The van der Waals surface area contributed by atoms with E-state index in [2.05, 4.69) is 22.2 Å². The Morgan fingerprint density at radius 3 is 2.88 bits per heavy atom. The van der Waals surface area contributed by atoms with Gasteiger partial charge < -0.3 is 10.7 Å². The molecule has 0 aliphatic heterocycles. The first-order valence-corrected chi connectivity index (χ1v) is 6.17. The van der Waals surface area contributed by atoms with Crippen molar-refractivity contribution in [3.8, 4) is 0 Å². The summed E-state index contributed by atoms with van der Waals surface area (Å²) >= 11 is 0. The van der Waals surface area contributed by atoms with Crippen LogP contribution in [0.25, 0.3) is 0 Å². The fourth-order valence-electron chi connectivity index (χ4n) is 2.41. The molecule has 0 radical (unpaired) electrons. The van der Waals surface area contributed by atoms with Crippen molar-refractivity contribution >= 4 is 11.9 Å². The first-order chi connectivity index (χ1) is 8.16. The van der Waals surface area contributed by atoms with Gasteiger partial charge in [-0.05, 0) is 31.6 Å². The minimum atomic E-state index is -0.403. The Morgan fingerprint density at radius 1 is 1.65 bits per heavy atom. The molecule has 1 aliphatic rings. The number of aromatic amines is 1. The summed E-state index contributed by atoms with van der Waals surface area (Å²) in [6, 6.07) is 0. The molecule has 1 aromatic rings. The summed E-state index contributed by atoms with van der Waals surface area (Å²) in [7, 11) is 0. The average Bonchev–Trinajstić information content (AvgIpc) is 2.83. The third-order valence-corrected chi connectivity index (χ3v) is 3.83. The number of rotatable bonds is 3. The smallest absolute Gasteiger partial charge is 0.234 e. The van der Waals surface area contributed by atoms with Crippen molar-refractivity contribution in [2.45, 2.75) is 32.6 Å². The number of carbonyl (C=O) groups is 1. The summed E-state index contributed by atoms with van der Waals surface area (Å²) in [5, 5.41) is 2.81. The van der Waals surface area contributed by atoms with E-state index in [-0.39, 0.29) is 5.91 Å². The highest BCUT2D eigenvalue weighted by atomic mass is 16.2. The van der Waals surface area contributed by atoms with Crippen LogP contribution in [-0.4, -0.2) is 22.4 Å². The zero-order valence-electron chi connectivity index (χ0n) is 10.2. The predicted molar refractivity (Wildman–Crippen MR) is 66.3 cm³/mol. The number of hydrogen-bond acceptors (Lipinski definition) is 3. The molecule has 5 nitrogen and oxygen atoms in total. The molecule has 1 fully saturated rings. The summed E-state index contributed by atoms with van der Waals surface area (Å²) in [5.41, 5.74) is 5.42. The van der Waals surface area contributed by atoms with E-state index in [1.54, 1.807) is 12.4 Å². The van der Waals surface area contributed by atoms with E-state index in [1.807, 2.05) is 0 Å². The fourth-order valence-corrected chi connectivity index (χ4v) is 2.41. The molecule has 17 heavy (non-hydrogen) atoms. The zero-order chi connectivity index (χ0) is 12.3. The molecule has 0 bridgehead atoms. The van der Waals surface area contributed by atoms with Crippen LogP contribution in [0.2, 0.25) is 0 Å². The maximum absolute atomic E-state index is 12.3. The number of anilines is 1. The van der Waals surface area contributed by atoms with Crippen LogP contribution in [0, 0.1) is 11.3 Å². The molecule has 1 aromatic heterocycles. The number of imidazole rings is 1. The maximum atomic E-state index is 12.3. The molecule has 0 unspecified atom stereocenters. The van der Waals surface area contributed by atoms with Crippen LogP contribution < -0.4 is 11.1 Å². The van der Waals surface area contributed by atoms with Crippen molar-refractivity contribution < 1.29 is 4.79 Å². The third kappa shape index (κ3) is 2.49. The number of nitrogens with two attached hydrogens (primary N) is 1. The molecule has 1 aliphatic carbocycles. The van der Waals surface area contributed by atoms with Crippen molar-refractivity contribution in [2.24, 2.45) is 17.1 Å². The van der Waals surface area contributed by atoms with Gasteiger partial charge in [0.15, 0.2) is 0 Å². The third-order valence-electron chi connectivity index (χ3n) is 3.83. The SMILES string of the molecule is CC1CCC(CN)(C(=O)Nc2ncc[nH]2)CC1. The molecule has 94 valence electrons. The Morgan fingerprint density at radius 2 is 2.35 bits per heavy atom. The van der Waals surface area contributed by atoms with Crippen LogP contribution in [0.3, 0.4) is 0 Å². The molecule has 0 spiro atoms. The lowest BCUT2D eigenvalue weighted by atomic mass is 9.70. The fraction of sp³-hybridized carbons (Fsp3) is 0.667. The maximum Gasteiger partial charge on any atom is 0.234 e. The Labute approximate surface area is 101 Å². The molecule has 0 atom stereocenters. The van der Waals surface area contributed by atoms with Crippen LogP contribution in [0.4, 0.5) is 5.95 Å². The van der Waals surface area contributed by atoms with Crippen molar-refractivity contribution in [1.29, 1.82) is 0 Å². The number of H-pyrrole nitrogens is 1. The van der Waals surface area contributed by atoms with Crippen molar-refractivity contribution in [2.75, 3.05) is 11.9 Å². The van der Waals surface area contributed by atoms with E-state index in [4.69, 9.17) is 5.73 Å². The summed E-state index contributed by atoms with van der Waals surface area (Å²) in [6.07, 6.45) is 7.20. The van der Waals surface area contributed by atoms with Crippen LogP contribution in [-0.2, 0) is 4.79 Å². The van der Waals surface area contributed by atoms with Gasteiger partial charge in [-0.25, -0.2) is 4.98 Å². The lowest BCUT2D eigenvalue weighted by molar-refractivity contribution is -0.127. The second-order valence-electron chi connectivity index (χ2n) is 5.06. The number of aromatic nitrogens is 2. The van der Waals surface area contributed by atoms with Gasteiger partial charge in [0.25, 0.3) is 0 Å². The normalized spacial score (nSPS) is 28.9. The second kappa shape index (κ2) is 4.87. The minimum absolute atomic E-state index is 0.00171. The van der Waals surface area contributed by atoms with E-state index >= 15 is 0 Å². The number of nitrogens with zero attached hydrogens (tertiary/aromatic N) is 1. The summed E-state index contributed by atoms with van der Waals surface area (Å²) < 4.78 is 0. The highest BCUT2D eigenvalue weighted by molar-refractivity contribution is 5.94. The van der Waals surface area contributed by atoms with Gasteiger partial charge in [-0.3, -0.25) is 10.1 Å². The molecular formula is C12H20N4O. The Kier molecular flexibility index (Phi) is 3.47. The van der Waals surface area contributed by atoms with Gasteiger partial charge in [0, 0.05) is 18.9 Å². The molecule has 1 amide bonds. The Bertz CT molecular complexity index is 366. The summed E-state index contributed by atoms with van der Waals surface area (Å²) in [5.74, 6) is 1.20. The van der Waals surface area contributed by atoms with Crippen LogP contribution in [0.5, 0.6) is 0 Å². The minimum Gasteiger partial charge on any atom is -0.331 e. The lowest BCUT2D eigenvalue weighted by Crippen LogP contribution is -2.45. The molecule has 0 aromatic carbocycles. The number of carbonyl (C=O) groups excluding carboxylic acids is 1. The number of hydrogen-bond donors (Lipinski definition) is 3. The monoisotopic (exact) mass is 236 g/mol.